The summed E-state index contributed by atoms with van der Waals surface area (Å²) in [4.78, 5) is 24.9. The lowest BCUT2D eigenvalue weighted by molar-refractivity contribution is 0.219. The van der Waals surface area contributed by atoms with Crippen LogP contribution in [0.4, 0.5) is 0 Å². The van der Waals surface area contributed by atoms with E-state index in [-0.39, 0.29) is 11.7 Å². The van der Waals surface area contributed by atoms with Gasteiger partial charge in [-0.05, 0) is 37.6 Å². The first-order chi connectivity index (χ1) is 16.4. The summed E-state index contributed by atoms with van der Waals surface area (Å²) >= 11 is 6.13. The SMILES string of the molecule is CCOP(=O)(Cc1ccc(-c2nc3cc(Cl)ccc3c(=O)n2/N=C/c2ncc[nH]2)cc1)OCC. The van der Waals surface area contributed by atoms with Crippen molar-refractivity contribution < 1.29 is 13.6 Å². The molecule has 0 saturated heterocycles. The Labute approximate surface area is 201 Å². The molecule has 0 aliphatic carbocycles. The minimum atomic E-state index is -3.24. The zero-order chi connectivity index (χ0) is 24.1. The fourth-order valence-corrected chi connectivity index (χ4v) is 5.28. The standard InChI is InChI=1S/C23H23ClN5O4P/c1-3-32-34(31,33-4-2)15-16-5-7-17(8-6-16)22-28-20-13-18(24)9-10-19(20)23(30)29(22)27-14-21-25-11-12-26-21/h5-14H,3-4,15H2,1-2H3,(H,25,26)/b27-14+. The molecule has 176 valence electrons. The zero-order valence-electron chi connectivity index (χ0n) is 18.6. The lowest BCUT2D eigenvalue weighted by atomic mass is 10.1. The maximum atomic E-state index is 13.3. The van der Waals surface area contributed by atoms with Gasteiger partial charge in [-0.15, -0.1) is 0 Å². The second kappa shape index (κ2) is 10.4. The molecule has 4 aromatic rings. The summed E-state index contributed by atoms with van der Waals surface area (Å²) in [5, 5.41) is 5.19. The van der Waals surface area contributed by atoms with Crippen LogP contribution in [0.5, 0.6) is 0 Å². The average molecular weight is 500 g/mol. The molecule has 34 heavy (non-hydrogen) atoms. The molecule has 0 aliphatic heterocycles. The molecule has 0 bridgehead atoms. The van der Waals surface area contributed by atoms with E-state index in [0.717, 1.165) is 5.56 Å². The molecule has 0 fully saturated rings. The Morgan fingerprint density at radius 2 is 1.88 bits per heavy atom. The summed E-state index contributed by atoms with van der Waals surface area (Å²) in [5.41, 5.74) is 1.52. The summed E-state index contributed by atoms with van der Waals surface area (Å²) in [6, 6.07) is 12.1. The van der Waals surface area contributed by atoms with Crippen molar-refractivity contribution in [1.29, 1.82) is 0 Å². The normalized spacial score (nSPS) is 12.1. The van der Waals surface area contributed by atoms with Crippen molar-refractivity contribution in [1.82, 2.24) is 19.6 Å². The molecule has 0 aliphatic rings. The van der Waals surface area contributed by atoms with Crippen LogP contribution in [0.25, 0.3) is 22.3 Å². The Bertz CT molecular complexity index is 1410. The summed E-state index contributed by atoms with van der Waals surface area (Å²) in [5.74, 6) is 0.818. The molecule has 0 spiro atoms. The van der Waals surface area contributed by atoms with Crippen LogP contribution >= 0.6 is 19.2 Å². The second-order valence-electron chi connectivity index (χ2n) is 7.23. The number of aromatic amines is 1. The third-order valence-electron chi connectivity index (χ3n) is 4.86. The van der Waals surface area contributed by atoms with Gasteiger partial charge in [-0.3, -0.25) is 9.36 Å². The van der Waals surface area contributed by atoms with Crippen molar-refractivity contribution in [3.63, 3.8) is 0 Å². The number of fused-ring (bicyclic) bond motifs is 1. The van der Waals surface area contributed by atoms with E-state index in [9.17, 15) is 9.36 Å². The molecule has 0 unspecified atom stereocenters. The highest BCUT2D eigenvalue weighted by Gasteiger charge is 2.24. The number of aromatic nitrogens is 4. The number of benzene rings is 2. The van der Waals surface area contributed by atoms with Crippen LogP contribution in [0.15, 0.2) is 64.8 Å². The minimum Gasteiger partial charge on any atom is -0.344 e. The largest absolute Gasteiger partial charge is 0.344 e. The number of hydrogen-bond donors (Lipinski definition) is 1. The van der Waals surface area contributed by atoms with Crippen molar-refractivity contribution in [2.24, 2.45) is 5.10 Å². The maximum absolute atomic E-state index is 13.3. The van der Waals surface area contributed by atoms with E-state index in [1.807, 2.05) is 0 Å². The highest BCUT2D eigenvalue weighted by molar-refractivity contribution is 7.53. The van der Waals surface area contributed by atoms with Gasteiger partial charge in [0.25, 0.3) is 5.56 Å². The Morgan fingerprint density at radius 1 is 1.15 bits per heavy atom. The van der Waals surface area contributed by atoms with E-state index in [1.54, 1.807) is 68.7 Å². The first-order valence-corrected chi connectivity index (χ1v) is 12.8. The molecule has 2 aromatic heterocycles. The van der Waals surface area contributed by atoms with Crippen molar-refractivity contribution >= 4 is 36.3 Å². The molecule has 2 heterocycles. The molecular formula is C23H23ClN5O4P. The lowest BCUT2D eigenvalue weighted by Gasteiger charge is -2.17. The fourth-order valence-electron chi connectivity index (χ4n) is 3.41. The van der Waals surface area contributed by atoms with Gasteiger partial charge >= 0.3 is 7.60 Å². The monoisotopic (exact) mass is 499 g/mol. The van der Waals surface area contributed by atoms with Crippen LogP contribution in [-0.2, 0) is 19.8 Å². The highest BCUT2D eigenvalue weighted by atomic mass is 35.5. The number of imidazole rings is 1. The Morgan fingerprint density at radius 3 is 2.53 bits per heavy atom. The molecule has 0 amide bonds. The van der Waals surface area contributed by atoms with Crippen LogP contribution in [0, 0.1) is 0 Å². The summed E-state index contributed by atoms with van der Waals surface area (Å²) in [7, 11) is -3.24. The van der Waals surface area contributed by atoms with Crippen molar-refractivity contribution in [2.75, 3.05) is 13.2 Å². The predicted octanol–water partition coefficient (Wildman–Crippen LogP) is 5.09. The van der Waals surface area contributed by atoms with Crippen LogP contribution in [0.3, 0.4) is 0 Å². The number of halogens is 1. The summed E-state index contributed by atoms with van der Waals surface area (Å²) in [6.45, 7) is 4.13. The summed E-state index contributed by atoms with van der Waals surface area (Å²) in [6.07, 6.45) is 4.84. The molecule has 2 aromatic carbocycles. The van der Waals surface area contributed by atoms with Crippen LogP contribution in [-0.4, -0.2) is 39.1 Å². The minimum absolute atomic E-state index is 0.138. The lowest BCUT2D eigenvalue weighted by Crippen LogP contribution is -2.20. The summed E-state index contributed by atoms with van der Waals surface area (Å²) < 4.78 is 24.9. The molecule has 11 heteroatoms. The smallest absolute Gasteiger partial charge is 0.335 e. The first-order valence-electron chi connectivity index (χ1n) is 10.7. The Kier molecular flexibility index (Phi) is 7.38. The molecule has 0 saturated carbocycles. The van der Waals surface area contributed by atoms with Gasteiger partial charge in [-0.1, -0.05) is 35.9 Å². The molecule has 4 rings (SSSR count). The molecular weight excluding hydrogens is 477 g/mol. The van der Waals surface area contributed by atoms with E-state index < -0.39 is 7.60 Å². The van der Waals surface area contributed by atoms with E-state index in [4.69, 9.17) is 20.6 Å². The van der Waals surface area contributed by atoms with Gasteiger partial charge in [-0.25, -0.2) is 9.97 Å². The predicted molar refractivity (Wildman–Crippen MR) is 133 cm³/mol. The van der Waals surface area contributed by atoms with Crippen LogP contribution < -0.4 is 5.56 Å². The maximum Gasteiger partial charge on any atom is 0.335 e. The number of hydrogen-bond acceptors (Lipinski definition) is 7. The second-order valence-corrected chi connectivity index (χ2v) is 9.73. The van der Waals surface area contributed by atoms with Crippen molar-refractivity contribution in [3.05, 3.63) is 81.6 Å². The number of nitrogens with zero attached hydrogens (tertiary/aromatic N) is 4. The molecule has 1 N–H and O–H groups in total. The van der Waals surface area contributed by atoms with Gasteiger partial charge in [0.2, 0.25) is 0 Å². The third kappa shape index (κ3) is 5.34. The van der Waals surface area contributed by atoms with Gasteiger partial charge in [0.1, 0.15) is 5.82 Å². The van der Waals surface area contributed by atoms with Gasteiger partial charge < -0.3 is 14.0 Å². The zero-order valence-corrected chi connectivity index (χ0v) is 20.3. The number of nitrogens with one attached hydrogen (secondary N) is 1. The van der Waals surface area contributed by atoms with Gasteiger partial charge in [0.15, 0.2) is 5.82 Å². The fraction of sp³-hybridized carbons (Fsp3) is 0.217. The third-order valence-corrected chi connectivity index (χ3v) is 7.16. The van der Waals surface area contributed by atoms with Crippen molar-refractivity contribution in [3.8, 4) is 11.4 Å². The first kappa shape index (κ1) is 24.0. The van der Waals surface area contributed by atoms with Gasteiger partial charge in [0, 0.05) is 23.0 Å². The number of rotatable bonds is 9. The average Bonchev–Trinajstić information content (AvgIpc) is 3.32. The number of H-pyrrole nitrogens is 1. The molecule has 9 nitrogen and oxygen atoms in total. The Balaban J connectivity index is 1.77. The molecule has 0 radical (unpaired) electrons. The van der Waals surface area contributed by atoms with Crippen LogP contribution in [0.1, 0.15) is 25.2 Å². The van der Waals surface area contributed by atoms with E-state index >= 15 is 0 Å². The van der Waals surface area contributed by atoms with E-state index in [2.05, 4.69) is 20.1 Å². The molecule has 0 atom stereocenters. The quantitative estimate of drug-likeness (QED) is 0.254. The Hall–Kier alpha value is -3.10. The van der Waals surface area contributed by atoms with Gasteiger partial charge in [0.05, 0.1) is 36.5 Å². The van der Waals surface area contributed by atoms with E-state index in [0.29, 0.717) is 46.4 Å². The topological polar surface area (TPSA) is 111 Å². The van der Waals surface area contributed by atoms with Crippen LogP contribution in [0.2, 0.25) is 5.02 Å². The van der Waals surface area contributed by atoms with Crippen molar-refractivity contribution in [2.45, 2.75) is 20.0 Å². The van der Waals surface area contributed by atoms with E-state index in [1.165, 1.54) is 10.9 Å². The van der Waals surface area contributed by atoms with Gasteiger partial charge in [-0.2, -0.15) is 9.78 Å². The highest BCUT2D eigenvalue weighted by Crippen LogP contribution is 2.51.